The van der Waals surface area contributed by atoms with Crippen LogP contribution in [0.4, 0.5) is 11.4 Å². The van der Waals surface area contributed by atoms with Gasteiger partial charge in [-0.25, -0.2) is 9.80 Å². The van der Waals surface area contributed by atoms with Crippen molar-refractivity contribution in [1.29, 1.82) is 0 Å². The Balaban J connectivity index is 1.24. The third-order valence-electron chi connectivity index (χ3n) is 4.80. The number of amides is 4. The molecule has 0 saturated heterocycles. The fourth-order valence-corrected chi connectivity index (χ4v) is 3.21. The standard InChI is InChI=1S/C24H16N2O8/c27-19-9-10-20(28)25(19)15-1-5-17(6-2-15)33-23(31)13-14-24(32)34-18-7-3-16(4-8-18)26-21(29)11-12-22(26)30/h1-12H,13-14H2. The van der Waals surface area contributed by atoms with Gasteiger partial charge in [-0.2, -0.15) is 0 Å². The lowest BCUT2D eigenvalue weighted by Gasteiger charge is -2.14. The summed E-state index contributed by atoms with van der Waals surface area (Å²) in [7, 11) is 0. The lowest BCUT2D eigenvalue weighted by Crippen LogP contribution is -2.29. The van der Waals surface area contributed by atoms with E-state index in [0.717, 1.165) is 34.1 Å². The van der Waals surface area contributed by atoms with Gasteiger partial charge >= 0.3 is 11.9 Å². The molecule has 0 atom stereocenters. The maximum absolute atomic E-state index is 12.0. The molecule has 0 saturated carbocycles. The van der Waals surface area contributed by atoms with Gasteiger partial charge in [0.2, 0.25) is 0 Å². The minimum absolute atomic E-state index is 0.185. The molecular formula is C24H16N2O8. The van der Waals surface area contributed by atoms with Crippen LogP contribution in [0, 0.1) is 0 Å². The van der Waals surface area contributed by atoms with Crippen LogP contribution in [0.1, 0.15) is 12.8 Å². The highest BCUT2D eigenvalue weighted by atomic mass is 16.5. The van der Waals surface area contributed by atoms with Gasteiger partial charge in [0.1, 0.15) is 11.5 Å². The van der Waals surface area contributed by atoms with Gasteiger partial charge in [-0.1, -0.05) is 0 Å². The maximum atomic E-state index is 12.0. The first-order valence-electron chi connectivity index (χ1n) is 10.1. The van der Waals surface area contributed by atoms with Gasteiger partial charge in [0.15, 0.2) is 0 Å². The van der Waals surface area contributed by atoms with Gasteiger partial charge in [0.25, 0.3) is 23.6 Å². The average molecular weight is 460 g/mol. The number of esters is 2. The molecule has 0 aliphatic carbocycles. The normalized spacial score (nSPS) is 14.8. The Kier molecular flexibility index (Phi) is 6.13. The first-order valence-corrected chi connectivity index (χ1v) is 10.1. The largest absolute Gasteiger partial charge is 0.427 e. The number of carbonyl (C=O) groups is 6. The maximum Gasteiger partial charge on any atom is 0.311 e. The Labute approximate surface area is 192 Å². The Morgan fingerprint density at radius 3 is 1.12 bits per heavy atom. The van der Waals surface area contributed by atoms with Crippen molar-refractivity contribution in [1.82, 2.24) is 0 Å². The number of hydrogen-bond acceptors (Lipinski definition) is 8. The van der Waals surface area contributed by atoms with E-state index in [1.807, 2.05) is 0 Å². The Hall–Kier alpha value is -4.86. The SMILES string of the molecule is O=C(CCC(=O)Oc1ccc(N2C(=O)C=CC2=O)cc1)Oc1ccc(N2C(=O)C=CC2=O)cc1. The second-order valence-corrected chi connectivity index (χ2v) is 7.13. The number of anilines is 2. The molecule has 2 aromatic carbocycles. The summed E-state index contributed by atoms with van der Waals surface area (Å²) in [4.78, 5) is 72.8. The van der Waals surface area contributed by atoms with E-state index in [0.29, 0.717) is 11.4 Å². The first-order chi connectivity index (χ1) is 16.3. The van der Waals surface area contributed by atoms with Gasteiger partial charge in [-0.15, -0.1) is 0 Å². The second kappa shape index (κ2) is 9.33. The van der Waals surface area contributed by atoms with Crippen LogP contribution < -0.4 is 19.3 Å². The molecule has 2 aromatic rings. The van der Waals surface area contributed by atoms with Crippen molar-refractivity contribution in [3.8, 4) is 11.5 Å². The third-order valence-corrected chi connectivity index (χ3v) is 4.80. The van der Waals surface area contributed by atoms with Crippen LogP contribution in [0.25, 0.3) is 0 Å². The Bertz CT molecular complexity index is 1120. The number of imide groups is 2. The molecule has 0 unspecified atom stereocenters. The number of nitrogens with zero attached hydrogens (tertiary/aromatic N) is 2. The highest BCUT2D eigenvalue weighted by Gasteiger charge is 2.26. The molecule has 0 aromatic heterocycles. The molecule has 10 nitrogen and oxygen atoms in total. The van der Waals surface area contributed by atoms with Crippen molar-refractivity contribution in [3.63, 3.8) is 0 Å². The molecule has 170 valence electrons. The van der Waals surface area contributed by atoms with Crippen LogP contribution in [0.5, 0.6) is 11.5 Å². The summed E-state index contributed by atoms with van der Waals surface area (Å²) >= 11 is 0. The molecule has 2 aliphatic rings. The number of benzene rings is 2. The zero-order chi connectivity index (χ0) is 24.2. The molecule has 0 radical (unpaired) electrons. The monoisotopic (exact) mass is 460 g/mol. The summed E-state index contributed by atoms with van der Waals surface area (Å²) in [6.07, 6.45) is 4.17. The van der Waals surface area contributed by atoms with Gasteiger partial charge in [0, 0.05) is 24.3 Å². The molecule has 0 bridgehead atoms. The van der Waals surface area contributed by atoms with Crippen LogP contribution in [0.3, 0.4) is 0 Å². The van der Waals surface area contributed by atoms with Crippen LogP contribution >= 0.6 is 0 Å². The van der Waals surface area contributed by atoms with Crippen molar-refractivity contribution in [2.45, 2.75) is 12.8 Å². The summed E-state index contributed by atoms with van der Waals surface area (Å²) in [5.41, 5.74) is 0.674. The van der Waals surface area contributed by atoms with Gasteiger partial charge in [-0.3, -0.25) is 28.8 Å². The van der Waals surface area contributed by atoms with E-state index in [2.05, 4.69) is 0 Å². The van der Waals surface area contributed by atoms with Gasteiger partial charge < -0.3 is 9.47 Å². The number of hydrogen-bond donors (Lipinski definition) is 0. The molecule has 10 heteroatoms. The van der Waals surface area contributed by atoms with Crippen LogP contribution in [0.2, 0.25) is 0 Å². The van der Waals surface area contributed by atoms with E-state index in [9.17, 15) is 28.8 Å². The van der Waals surface area contributed by atoms with Crippen molar-refractivity contribution in [2.24, 2.45) is 0 Å². The highest BCUT2D eigenvalue weighted by Crippen LogP contribution is 2.24. The van der Waals surface area contributed by atoms with E-state index in [-0.39, 0.29) is 24.3 Å². The summed E-state index contributed by atoms with van der Waals surface area (Å²) < 4.78 is 10.3. The predicted octanol–water partition coefficient (Wildman–Crippen LogP) is 1.84. The molecule has 34 heavy (non-hydrogen) atoms. The molecule has 4 amide bonds. The number of carbonyl (C=O) groups excluding carboxylic acids is 6. The minimum atomic E-state index is -0.673. The summed E-state index contributed by atoms with van der Waals surface area (Å²) in [6.45, 7) is 0. The van der Waals surface area contributed by atoms with E-state index in [4.69, 9.17) is 9.47 Å². The highest BCUT2D eigenvalue weighted by molar-refractivity contribution is 6.28. The topological polar surface area (TPSA) is 127 Å². The van der Waals surface area contributed by atoms with E-state index >= 15 is 0 Å². The second-order valence-electron chi connectivity index (χ2n) is 7.13. The van der Waals surface area contributed by atoms with Crippen molar-refractivity contribution < 1.29 is 38.2 Å². The lowest BCUT2D eigenvalue weighted by molar-refractivity contribution is -0.140. The zero-order valence-corrected chi connectivity index (χ0v) is 17.5. The lowest BCUT2D eigenvalue weighted by atomic mass is 10.2. The van der Waals surface area contributed by atoms with Crippen molar-refractivity contribution in [2.75, 3.05) is 9.80 Å². The first kappa shape index (κ1) is 22.3. The number of rotatable bonds is 7. The molecule has 4 rings (SSSR count). The molecule has 0 spiro atoms. The van der Waals surface area contributed by atoms with Crippen LogP contribution in [-0.2, 0) is 28.8 Å². The molecular weight excluding hydrogens is 444 g/mol. The average Bonchev–Trinajstić information content (AvgIpc) is 3.33. The third kappa shape index (κ3) is 4.80. The van der Waals surface area contributed by atoms with E-state index in [1.165, 1.54) is 48.5 Å². The zero-order valence-electron chi connectivity index (χ0n) is 17.5. The molecule has 2 heterocycles. The van der Waals surface area contributed by atoms with Crippen molar-refractivity contribution in [3.05, 3.63) is 72.8 Å². The van der Waals surface area contributed by atoms with Gasteiger partial charge in [-0.05, 0) is 48.5 Å². The quantitative estimate of drug-likeness (QED) is 0.348. The van der Waals surface area contributed by atoms with Crippen molar-refractivity contribution >= 4 is 46.9 Å². The summed E-state index contributed by atoms with van der Waals surface area (Å²) in [6, 6.07) is 11.6. The molecule has 0 fully saturated rings. The molecule has 2 aliphatic heterocycles. The Morgan fingerprint density at radius 2 is 0.824 bits per heavy atom. The van der Waals surface area contributed by atoms with Crippen LogP contribution in [0.15, 0.2) is 72.8 Å². The summed E-state index contributed by atoms with van der Waals surface area (Å²) in [5.74, 6) is -2.82. The summed E-state index contributed by atoms with van der Waals surface area (Å²) in [5, 5.41) is 0. The molecule has 0 N–H and O–H groups in total. The fraction of sp³-hybridized carbons (Fsp3) is 0.0833. The Morgan fingerprint density at radius 1 is 0.529 bits per heavy atom. The smallest absolute Gasteiger partial charge is 0.311 e. The fourth-order valence-electron chi connectivity index (χ4n) is 3.21. The minimum Gasteiger partial charge on any atom is -0.427 e. The van der Waals surface area contributed by atoms with Crippen LogP contribution in [-0.4, -0.2) is 35.6 Å². The number of ether oxygens (including phenoxy) is 2. The van der Waals surface area contributed by atoms with Gasteiger partial charge in [0.05, 0.1) is 24.2 Å². The predicted molar refractivity (Wildman–Crippen MR) is 117 cm³/mol. The van der Waals surface area contributed by atoms with E-state index < -0.39 is 35.6 Å². The van der Waals surface area contributed by atoms with E-state index in [1.54, 1.807) is 0 Å².